The van der Waals surface area contributed by atoms with Crippen LogP contribution in [0.1, 0.15) is 5.56 Å². The van der Waals surface area contributed by atoms with Gasteiger partial charge in [0.05, 0.1) is 17.0 Å². The largest absolute Gasteiger partial charge is 0.320 e. The summed E-state index contributed by atoms with van der Waals surface area (Å²) in [5, 5.41) is 10.3. The van der Waals surface area contributed by atoms with Crippen LogP contribution >= 0.6 is 0 Å². The number of halogens is 1. The number of rotatable bonds is 1. The summed E-state index contributed by atoms with van der Waals surface area (Å²) in [6.07, 6.45) is 0. The number of hydrogen-bond acceptors (Lipinski definition) is 3. The minimum absolute atomic E-state index is 0.00958. The number of nitro benzene ring substituents is 1. The summed E-state index contributed by atoms with van der Waals surface area (Å²) >= 11 is 0. The zero-order valence-electron chi connectivity index (χ0n) is 7.16. The average Bonchev–Trinajstić information content (AvgIpc) is 2.16. The highest BCUT2D eigenvalue weighted by Gasteiger charge is 2.15. The lowest BCUT2D eigenvalue weighted by atomic mass is 10.2. The maximum Gasteiger partial charge on any atom is 0.306 e. The van der Waals surface area contributed by atoms with Crippen LogP contribution in [0.15, 0.2) is 18.2 Å². The highest BCUT2D eigenvalue weighted by atomic mass is 19.1. The van der Waals surface area contributed by atoms with Crippen LogP contribution in [0.4, 0.5) is 10.1 Å². The van der Waals surface area contributed by atoms with E-state index in [1.54, 1.807) is 0 Å². The van der Waals surface area contributed by atoms with Gasteiger partial charge in [-0.05, 0) is 6.07 Å². The fourth-order valence-corrected chi connectivity index (χ4v) is 0.904. The Morgan fingerprint density at radius 1 is 1.57 bits per heavy atom. The molecule has 0 heterocycles. The van der Waals surface area contributed by atoms with E-state index >= 15 is 0 Å². The van der Waals surface area contributed by atoms with E-state index in [4.69, 9.17) is 5.73 Å². The zero-order chi connectivity index (χ0) is 10.6. The molecule has 0 atom stereocenters. The van der Waals surface area contributed by atoms with Crippen LogP contribution in [0.5, 0.6) is 0 Å². The van der Waals surface area contributed by atoms with Crippen LogP contribution < -0.4 is 5.73 Å². The van der Waals surface area contributed by atoms with Gasteiger partial charge in [0.2, 0.25) is 5.82 Å². The van der Waals surface area contributed by atoms with E-state index in [0.29, 0.717) is 0 Å². The van der Waals surface area contributed by atoms with Gasteiger partial charge >= 0.3 is 5.69 Å². The quantitative estimate of drug-likeness (QED) is 0.412. The molecule has 0 radical (unpaired) electrons. The summed E-state index contributed by atoms with van der Waals surface area (Å²) in [4.78, 5) is 9.55. The SMILES string of the molecule is NCC#Cc1cccc([N+](=O)[O-])c1F. The third-order valence-corrected chi connectivity index (χ3v) is 1.50. The molecule has 0 spiro atoms. The maximum absolute atomic E-state index is 13.3. The molecule has 2 N–H and O–H groups in total. The van der Waals surface area contributed by atoms with Crippen molar-refractivity contribution in [3.63, 3.8) is 0 Å². The molecule has 4 nitrogen and oxygen atoms in total. The number of nitrogens with zero attached hydrogens (tertiary/aromatic N) is 1. The molecular weight excluding hydrogens is 187 g/mol. The molecule has 0 amide bonds. The van der Waals surface area contributed by atoms with Crippen LogP contribution in [0.2, 0.25) is 0 Å². The van der Waals surface area contributed by atoms with Crippen LogP contribution in [0, 0.1) is 27.8 Å². The van der Waals surface area contributed by atoms with E-state index in [1.165, 1.54) is 12.1 Å². The summed E-state index contributed by atoms with van der Waals surface area (Å²) in [6, 6.07) is 3.83. The fraction of sp³-hybridized carbons (Fsp3) is 0.111. The summed E-state index contributed by atoms with van der Waals surface area (Å²) in [6.45, 7) is 0.0854. The van der Waals surface area contributed by atoms with E-state index in [9.17, 15) is 14.5 Å². The third kappa shape index (κ3) is 2.06. The Morgan fingerprint density at radius 2 is 2.29 bits per heavy atom. The van der Waals surface area contributed by atoms with Gasteiger partial charge in [-0.3, -0.25) is 10.1 Å². The number of benzene rings is 1. The van der Waals surface area contributed by atoms with Gasteiger partial charge in [-0.25, -0.2) is 0 Å². The van der Waals surface area contributed by atoms with Gasteiger partial charge in [0.25, 0.3) is 0 Å². The van der Waals surface area contributed by atoms with E-state index in [2.05, 4.69) is 11.8 Å². The van der Waals surface area contributed by atoms with Gasteiger partial charge in [-0.15, -0.1) is 0 Å². The minimum atomic E-state index is -0.918. The molecule has 0 unspecified atom stereocenters. The van der Waals surface area contributed by atoms with Gasteiger partial charge < -0.3 is 5.73 Å². The van der Waals surface area contributed by atoms with Crippen molar-refractivity contribution in [3.05, 3.63) is 39.7 Å². The second kappa shape index (κ2) is 4.35. The molecule has 0 aliphatic heterocycles. The Hall–Kier alpha value is -1.93. The summed E-state index contributed by atoms with van der Waals surface area (Å²) in [5.74, 6) is 3.92. The first kappa shape index (κ1) is 10.2. The van der Waals surface area contributed by atoms with E-state index in [1.807, 2.05) is 0 Å². The van der Waals surface area contributed by atoms with Crippen LogP contribution in [0.25, 0.3) is 0 Å². The first-order valence-corrected chi connectivity index (χ1v) is 3.78. The van der Waals surface area contributed by atoms with Crippen molar-refractivity contribution in [1.29, 1.82) is 0 Å². The lowest BCUT2D eigenvalue weighted by Gasteiger charge is -1.95. The van der Waals surface area contributed by atoms with Crippen molar-refractivity contribution in [1.82, 2.24) is 0 Å². The van der Waals surface area contributed by atoms with E-state index in [-0.39, 0.29) is 12.1 Å². The van der Waals surface area contributed by atoms with Crippen LogP contribution in [-0.4, -0.2) is 11.5 Å². The molecule has 0 aliphatic rings. The first-order valence-electron chi connectivity index (χ1n) is 3.78. The predicted octanol–water partition coefficient (Wildman–Crippen LogP) is 1.04. The molecule has 0 saturated carbocycles. The number of nitro groups is 1. The van der Waals surface area contributed by atoms with Crippen molar-refractivity contribution >= 4 is 5.69 Å². The summed E-state index contributed by atoms with van der Waals surface area (Å²) in [5.41, 5.74) is 4.51. The standard InChI is InChI=1S/C9H7FN2O2/c10-9-7(4-2-6-11)3-1-5-8(9)12(13)14/h1,3,5H,6,11H2. The molecule has 72 valence electrons. The lowest BCUT2D eigenvalue weighted by molar-refractivity contribution is -0.387. The topological polar surface area (TPSA) is 69.2 Å². The van der Waals surface area contributed by atoms with Crippen LogP contribution in [0.3, 0.4) is 0 Å². The summed E-state index contributed by atoms with van der Waals surface area (Å²) < 4.78 is 13.3. The molecule has 0 aliphatic carbocycles. The second-order valence-corrected chi connectivity index (χ2v) is 2.40. The second-order valence-electron chi connectivity index (χ2n) is 2.40. The molecule has 1 aromatic carbocycles. The molecular formula is C9H7FN2O2. The van der Waals surface area contributed by atoms with Gasteiger partial charge in [0.15, 0.2) is 0 Å². The van der Waals surface area contributed by atoms with E-state index < -0.39 is 16.4 Å². The molecule has 1 aromatic rings. The van der Waals surface area contributed by atoms with Crippen molar-refractivity contribution in [2.75, 3.05) is 6.54 Å². The minimum Gasteiger partial charge on any atom is -0.320 e. The molecule has 5 heteroatoms. The predicted molar refractivity (Wildman–Crippen MR) is 49.0 cm³/mol. The normalized spacial score (nSPS) is 9.00. The lowest BCUT2D eigenvalue weighted by Crippen LogP contribution is -1.96. The third-order valence-electron chi connectivity index (χ3n) is 1.50. The Morgan fingerprint density at radius 3 is 2.86 bits per heavy atom. The smallest absolute Gasteiger partial charge is 0.306 e. The Bertz CT molecular complexity index is 421. The van der Waals surface area contributed by atoms with Crippen molar-refractivity contribution in [2.45, 2.75) is 0 Å². The van der Waals surface area contributed by atoms with Gasteiger partial charge in [-0.1, -0.05) is 17.9 Å². The van der Waals surface area contributed by atoms with E-state index in [0.717, 1.165) is 6.07 Å². The van der Waals surface area contributed by atoms with Gasteiger partial charge in [-0.2, -0.15) is 4.39 Å². The van der Waals surface area contributed by atoms with Crippen molar-refractivity contribution in [2.24, 2.45) is 5.73 Å². The highest BCUT2D eigenvalue weighted by molar-refractivity contribution is 5.45. The van der Waals surface area contributed by atoms with Crippen molar-refractivity contribution in [3.8, 4) is 11.8 Å². The monoisotopic (exact) mass is 194 g/mol. The Kier molecular flexibility index (Phi) is 3.15. The Balaban J connectivity index is 3.20. The first-order chi connectivity index (χ1) is 6.66. The molecule has 14 heavy (non-hydrogen) atoms. The number of hydrogen-bond donors (Lipinski definition) is 1. The summed E-state index contributed by atoms with van der Waals surface area (Å²) in [7, 11) is 0. The van der Waals surface area contributed by atoms with Gasteiger partial charge in [0, 0.05) is 6.07 Å². The fourth-order valence-electron chi connectivity index (χ4n) is 0.904. The molecule has 0 saturated heterocycles. The highest BCUT2D eigenvalue weighted by Crippen LogP contribution is 2.18. The average molecular weight is 194 g/mol. The maximum atomic E-state index is 13.3. The molecule has 0 fully saturated rings. The molecule has 0 bridgehead atoms. The van der Waals surface area contributed by atoms with Crippen molar-refractivity contribution < 1.29 is 9.31 Å². The zero-order valence-corrected chi connectivity index (χ0v) is 7.16. The molecule has 1 rings (SSSR count). The van der Waals surface area contributed by atoms with Gasteiger partial charge in [0.1, 0.15) is 0 Å². The van der Waals surface area contributed by atoms with Crippen LogP contribution in [-0.2, 0) is 0 Å². The Labute approximate surface area is 79.7 Å². The molecule has 0 aromatic heterocycles. The number of nitrogens with two attached hydrogens (primary N) is 1.